The minimum absolute atomic E-state index is 0.245. The number of carbonyl (C=O) groups is 1. The topological polar surface area (TPSA) is 64.9 Å². The number of benzene rings is 1. The molecule has 0 saturated carbocycles. The van der Waals surface area contributed by atoms with Crippen LogP contribution in [0.1, 0.15) is 11.5 Å². The van der Waals surface area contributed by atoms with Crippen molar-refractivity contribution in [3.8, 4) is 6.19 Å². The van der Waals surface area contributed by atoms with Crippen LogP contribution in [0.5, 0.6) is 0 Å². The molecule has 2 rings (SSSR count). The second-order valence-corrected chi connectivity index (χ2v) is 3.12. The number of para-hydroxylation sites is 1. The number of carbonyl (C=O) groups excluding carboxylic acids is 1. The molecule has 1 aliphatic heterocycles. The minimum Gasteiger partial charge on any atom is -0.384 e. The zero-order chi connectivity index (χ0) is 9.97. The molecule has 0 radical (unpaired) electrons. The highest BCUT2D eigenvalue weighted by Gasteiger charge is 2.27. The first kappa shape index (κ1) is 8.57. The van der Waals surface area contributed by atoms with Gasteiger partial charge in [-0.2, -0.15) is 5.26 Å². The van der Waals surface area contributed by atoms with E-state index in [0.717, 1.165) is 11.3 Å². The average molecular weight is 187 g/mol. The van der Waals surface area contributed by atoms with Gasteiger partial charge in [0.1, 0.15) is 0 Å². The van der Waals surface area contributed by atoms with Crippen molar-refractivity contribution in [1.82, 2.24) is 5.32 Å². The normalized spacial score (nSPS) is 17.8. The lowest BCUT2D eigenvalue weighted by Gasteiger charge is -2.05. The number of hydrogen-bond donors (Lipinski definition) is 2. The Hall–Kier alpha value is -2.02. The van der Waals surface area contributed by atoms with E-state index in [2.05, 4.69) is 10.6 Å². The van der Waals surface area contributed by atoms with Gasteiger partial charge in [-0.1, -0.05) is 18.2 Å². The first-order valence-corrected chi connectivity index (χ1v) is 4.34. The molecule has 1 amide bonds. The number of anilines is 1. The highest BCUT2D eigenvalue weighted by atomic mass is 16.1. The largest absolute Gasteiger partial charge is 0.384 e. The molecule has 2 N–H and O–H groups in total. The van der Waals surface area contributed by atoms with Gasteiger partial charge in [0.15, 0.2) is 6.19 Å². The van der Waals surface area contributed by atoms with E-state index in [0.29, 0.717) is 6.54 Å². The summed E-state index contributed by atoms with van der Waals surface area (Å²) in [5.74, 6) is -0.490. The molecule has 1 aliphatic rings. The fourth-order valence-electron chi connectivity index (χ4n) is 1.66. The quantitative estimate of drug-likeness (QED) is 0.504. The third-order valence-electron chi connectivity index (χ3n) is 2.33. The summed E-state index contributed by atoms with van der Waals surface area (Å²) in [5, 5.41) is 13.6. The van der Waals surface area contributed by atoms with E-state index in [-0.39, 0.29) is 11.8 Å². The maximum absolute atomic E-state index is 11.4. The summed E-state index contributed by atoms with van der Waals surface area (Å²) in [5.41, 5.74) is 1.94. The van der Waals surface area contributed by atoms with Gasteiger partial charge in [-0.25, -0.2) is 0 Å². The molecule has 0 fully saturated rings. The van der Waals surface area contributed by atoms with Crippen molar-refractivity contribution in [3.05, 3.63) is 29.8 Å². The Morgan fingerprint density at radius 3 is 3.14 bits per heavy atom. The number of nitrogens with zero attached hydrogens (tertiary/aromatic N) is 1. The van der Waals surface area contributed by atoms with E-state index in [1.54, 1.807) is 6.19 Å². The van der Waals surface area contributed by atoms with Gasteiger partial charge in [0, 0.05) is 12.2 Å². The summed E-state index contributed by atoms with van der Waals surface area (Å²) in [6, 6.07) is 7.63. The van der Waals surface area contributed by atoms with Crippen molar-refractivity contribution in [2.45, 2.75) is 5.92 Å². The predicted molar refractivity (Wildman–Crippen MR) is 51.4 cm³/mol. The molecule has 14 heavy (non-hydrogen) atoms. The molecule has 0 spiro atoms. The third kappa shape index (κ3) is 1.29. The number of nitrogens with one attached hydrogen (secondary N) is 2. The molecule has 4 nitrogen and oxygen atoms in total. The summed E-state index contributed by atoms with van der Waals surface area (Å²) < 4.78 is 0. The summed E-state index contributed by atoms with van der Waals surface area (Å²) >= 11 is 0. The first-order chi connectivity index (χ1) is 6.83. The smallest absolute Gasteiger partial charge is 0.242 e. The molecule has 1 heterocycles. The molecule has 0 saturated heterocycles. The van der Waals surface area contributed by atoms with Crippen molar-refractivity contribution < 1.29 is 4.79 Å². The Morgan fingerprint density at radius 1 is 1.57 bits per heavy atom. The van der Waals surface area contributed by atoms with Gasteiger partial charge in [0.25, 0.3) is 0 Å². The standard InChI is InChI=1S/C10H9N3O/c11-6-13-10(14)8-5-12-9-4-2-1-3-7(8)9/h1-4,8,12H,5H2,(H,13,14). The number of hydrogen-bond acceptors (Lipinski definition) is 3. The van der Waals surface area contributed by atoms with Crippen molar-refractivity contribution in [2.75, 3.05) is 11.9 Å². The number of rotatable bonds is 1. The lowest BCUT2D eigenvalue weighted by Crippen LogP contribution is -2.26. The third-order valence-corrected chi connectivity index (χ3v) is 2.33. The summed E-state index contributed by atoms with van der Waals surface area (Å²) in [4.78, 5) is 11.4. The van der Waals surface area contributed by atoms with E-state index in [1.807, 2.05) is 24.3 Å². The van der Waals surface area contributed by atoms with Crippen molar-refractivity contribution in [1.29, 1.82) is 5.26 Å². The molecule has 1 aromatic rings. The monoisotopic (exact) mass is 187 g/mol. The Morgan fingerprint density at radius 2 is 2.36 bits per heavy atom. The van der Waals surface area contributed by atoms with Gasteiger partial charge in [-0.05, 0) is 11.6 Å². The van der Waals surface area contributed by atoms with Gasteiger partial charge in [-0.3, -0.25) is 10.1 Å². The van der Waals surface area contributed by atoms with Crippen LogP contribution in [0.4, 0.5) is 5.69 Å². The lowest BCUT2D eigenvalue weighted by molar-refractivity contribution is -0.121. The summed E-state index contributed by atoms with van der Waals surface area (Å²) in [7, 11) is 0. The Labute approximate surface area is 81.5 Å². The molecule has 70 valence electrons. The maximum Gasteiger partial charge on any atom is 0.242 e. The Balaban J connectivity index is 2.27. The minimum atomic E-state index is -0.245. The predicted octanol–water partition coefficient (Wildman–Crippen LogP) is 0.793. The van der Waals surface area contributed by atoms with Crippen molar-refractivity contribution in [3.63, 3.8) is 0 Å². The van der Waals surface area contributed by atoms with E-state index in [4.69, 9.17) is 5.26 Å². The Bertz CT molecular complexity index is 408. The molecule has 0 aliphatic carbocycles. The molecular formula is C10H9N3O. The lowest BCUT2D eigenvalue weighted by atomic mass is 10.0. The molecular weight excluding hydrogens is 178 g/mol. The highest BCUT2D eigenvalue weighted by Crippen LogP contribution is 2.30. The van der Waals surface area contributed by atoms with E-state index >= 15 is 0 Å². The molecule has 0 aromatic heterocycles. The van der Waals surface area contributed by atoms with Crippen molar-refractivity contribution in [2.24, 2.45) is 0 Å². The molecule has 0 bridgehead atoms. The van der Waals surface area contributed by atoms with Crippen LogP contribution in [0.25, 0.3) is 0 Å². The van der Waals surface area contributed by atoms with Crippen LogP contribution in [0.15, 0.2) is 24.3 Å². The van der Waals surface area contributed by atoms with Gasteiger partial charge >= 0.3 is 0 Å². The number of amides is 1. The molecule has 4 heteroatoms. The zero-order valence-corrected chi connectivity index (χ0v) is 7.45. The fraction of sp³-hybridized carbons (Fsp3) is 0.200. The maximum atomic E-state index is 11.4. The van der Waals surface area contributed by atoms with Crippen LogP contribution in [0.3, 0.4) is 0 Å². The summed E-state index contributed by atoms with van der Waals surface area (Å²) in [6.07, 6.45) is 1.65. The van der Waals surface area contributed by atoms with Crippen LogP contribution in [0, 0.1) is 11.5 Å². The fourth-order valence-corrected chi connectivity index (χ4v) is 1.66. The highest BCUT2D eigenvalue weighted by molar-refractivity contribution is 5.88. The van der Waals surface area contributed by atoms with Crippen LogP contribution >= 0.6 is 0 Å². The van der Waals surface area contributed by atoms with Gasteiger partial charge < -0.3 is 5.32 Å². The molecule has 1 aromatic carbocycles. The SMILES string of the molecule is N#CNC(=O)C1CNc2ccccc21. The second-order valence-electron chi connectivity index (χ2n) is 3.12. The van der Waals surface area contributed by atoms with Gasteiger partial charge in [0.2, 0.25) is 5.91 Å². The van der Waals surface area contributed by atoms with Crippen LogP contribution in [0.2, 0.25) is 0 Å². The Kier molecular flexibility index (Phi) is 2.07. The summed E-state index contributed by atoms with van der Waals surface area (Å²) in [6.45, 7) is 0.562. The van der Waals surface area contributed by atoms with Crippen molar-refractivity contribution >= 4 is 11.6 Å². The number of fused-ring (bicyclic) bond motifs is 1. The van der Waals surface area contributed by atoms with E-state index in [1.165, 1.54) is 0 Å². The van der Waals surface area contributed by atoms with Crippen LogP contribution in [-0.4, -0.2) is 12.5 Å². The van der Waals surface area contributed by atoms with E-state index in [9.17, 15) is 4.79 Å². The average Bonchev–Trinajstić information content (AvgIpc) is 2.61. The second kappa shape index (κ2) is 3.38. The van der Waals surface area contributed by atoms with Crippen LogP contribution < -0.4 is 10.6 Å². The molecule has 1 atom stereocenters. The van der Waals surface area contributed by atoms with Gasteiger partial charge in [0.05, 0.1) is 5.92 Å². The molecule has 1 unspecified atom stereocenters. The first-order valence-electron chi connectivity index (χ1n) is 4.34. The van der Waals surface area contributed by atoms with Crippen LogP contribution in [-0.2, 0) is 4.79 Å². The number of nitriles is 1. The van der Waals surface area contributed by atoms with Gasteiger partial charge in [-0.15, -0.1) is 0 Å². The zero-order valence-electron chi connectivity index (χ0n) is 7.45. The van der Waals surface area contributed by atoms with E-state index < -0.39 is 0 Å².